The number of nitrogens with two attached hydrogens (primary N) is 1. The summed E-state index contributed by atoms with van der Waals surface area (Å²) in [5.74, 6) is -1.18. The molecule has 0 saturated heterocycles. The van der Waals surface area contributed by atoms with E-state index in [1.54, 1.807) is 6.07 Å². The minimum atomic E-state index is -1.02. The lowest BCUT2D eigenvalue weighted by Gasteiger charge is -2.31. The number of hydrogen-bond donors (Lipinski definition) is 2. The van der Waals surface area contributed by atoms with Crippen molar-refractivity contribution in [1.82, 2.24) is 4.98 Å². The second-order valence-electron chi connectivity index (χ2n) is 6.62. The Morgan fingerprint density at radius 1 is 1.15 bits per heavy atom. The number of aliphatic hydroxyl groups is 1. The van der Waals surface area contributed by atoms with E-state index in [-0.39, 0.29) is 12.3 Å². The van der Waals surface area contributed by atoms with Gasteiger partial charge in [-0.15, -0.1) is 0 Å². The molecule has 3 N–H and O–H groups in total. The number of ketones is 1. The van der Waals surface area contributed by atoms with Crippen LogP contribution in [-0.2, 0) is 17.8 Å². The van der Waals surface area contributed by atoms with Gasteiger partial charge in [0.25, 0.3) is 11.7 Å². The van der Waals surface area contributed by atoms with E-state index in [2.05, 4.69) is 9.88 Å². The summed E-state index contributed by atoms with van der Waals surface area (Å²) in [6, 6.07) is 15.1. The van der Waals surface area contributed by atoms with Gasteiger partial charge in [-0.2, -0.15) is 0 Å². The first-order valence-corrected chi connectivity index (χ1v) is 8.82. The Bertz CT molecular complexity index is 1060. The van der Waals surface area contributed by atoms with E-state index in [1.165, 1.54) is 0 Å². The van der Waals surface area contributed by atoms with Crippen LogP contribution < -0.4 is 10.6 Å². The van der Waals surface area contributed by atoms with Crippen molar-refractivity contribution < 1.29 is 14.7 Å². The molecule has 6 nitrogen and oxygen atoms in total. The van der Waals surface area contributed by atoms with Crippen LogP contribution in [0.15, 0.2) is 48.5 Å². The number of primary amides is 1. The average Bonchev–Trinajstić information content (AvgIpc) is 2.71. The fraction of sp³-hybridized carbons (Fsp3) is 0.190. The molecular formula is C21H19N3O3. The maximum Gasteiger partial charge on any atom is 0.291 e. The molecule has 0 fully saturated rings. The topological polar surface area (TPSA) is 96.5 Å². The molecule has 0 saturated carbocycles. The summed E-state index contributed by atoms with van der Waals surface area (Å²) in [7, 11) is 0. The molecule has 2 heterocycles. The highest BCUT2D eigenvalue weighted by Crippen LogP contribution is 2.37. The summed E-state index contributed by atoms with van der Waals surface area (Å²) in [5.41, 5.74) is 8.23. The zero-order chi connectivity index (χ0) is 19.0. The smallest absolute Gasteiger partial charge is 0.291 e. The number of benzene rings is 2. The zero-order valence-corrected chi connectivity index (χ0v) is 14.7. The Morgan fingerprint density at radius 3 is 2.74 bits per heavy atom. The lowest BCUT2D eigenvalue weighted by molar-refractivity contribution is -0.114. The van der Waals surface area contributed by atoms with Gasteiger partial charge in [0, 0.05) is 17.6 Å². The fourth-order valence-electron chi connectivity index (χ4n) is 3.60. The number of pyridine rings is 1. The van der Waals surface area contributed by atoms with Crippen LogP contribution in [0.25, 0.3) is 10.8 Å². The van der Waals surface area contributed by atoms with E-state index in [4.69, 9.17) is 5.73 Å². The summed E-state index contributed by atoms with van der Waals surface area (Å²) in [4.78, 5) is 30.1. The van der Waals surface area contributed by atoms with Gasteiger partial charge < -0.3 is 15.7 Å². The van der Waals surface area contributed by atoms with Gasteiger partial charge in [-0.05, 0) is 41.5 Å². The molecule has 6 heteroatoms. The predicted octanol–water partition coefficient (Wildman–Crippen LogP) is 2.48. The van der Waals surface area contributed by atoms with E-state index in [0.29, 0.717) is 5.82 Å². The second-order valence-corrected chi connectivity index (χ2v) is 6.62. The minimum absolute atomic E-state index is 0.00292. The molecule has 136 valence electrons. The molecular weight excluding hydrogens is 342 g/mol. The Hall–Kier alpha value is -3.25. The van der Waals surface area contributed by atoms with E-state index < -0.39 is 11.7 Å². The highest BCUT2D eigenvalue weighted by molar-refractivity contribution is 6.42. The number of carbonyl (C=O) groups excluding carboxylic acids is 2. The van der Waals surface area contributed by atoms with Crippen molar-refractivity contribution in [2.45, 2.75) is 19.4 Å². The first-order valence-electron chi connectivity index (χ1n) is 8.82. The normalized spacial score (nSPS) is 13.4. The largest absolute Gasteiger partial charge is 0.392 e. The van der Waals surface area contributed by atoms with Gasteiger partial charge in [0.15, 0.2) is 0 Å². The molecule has 0 unspecified atom stereocenters. The summed E-state index contributed by atoms with van der Waals surface area (Å²) in [5, 5.41) is 11.1. The molecule has 1 aliphatic heterocycles. The average molecular weight is 361 g/mol. The van der Waals surface area contributed by atoms with Crippen molar-refractivity contribution in [1.29, 1.82) is 0 Å². The molecule has 0 spiro atoms. The number of aryl methyl sites for hydroxylation is 1. The van der Waals surface area contributed by atoms with Crippen LogP contribution in [0.5, 0.6) is 0 Å². The van der Waals surface area contributed by atoms with Crippen molar-refractivity contribution in [3.8, 4) is 0 Å². The maximum absolute atomic E-state index is 12.2. The molecule has 0 atom stereocenters. The number of nitrogens with zero attached hydrogens (tertiary/aromatic N) is 2. The van der Waals surface area contributed by atoms with Crippen LogP contribution in [0.4, 0.5) is 11.5 Å². The van der Waals surface area contributed by atoms with E-state index in [1.807, 2.05) is 42.5 Å². The quantitative estimate of drug-likeness (QED) is 0.550. The van der Waals surface area contributed by atoms with Gasteiger partial charge in [0.2, 0.25) is 0 Å². The van der Waals surface area contributed by atoms with Crippen molar-refractivity contribution in [2.75, 3.05) is 11.4 Å². The molecule has 0 bridgehead atoms. The predicted molar refractivity (Wildman–Crippen MR) is 103 cm³/mol. The minimum Gasteiger partial charge on any atom is -0.392 e. The van der Waals surface area contributed by atoms with E-state index in [0.717, 1.165) is 47.0 Å². The number of amides is 1. The molecule has 3 aromatic rings. The van der Waals surface area contributed by atoms with Crippen LogP contribution in [0.3, 0.4) is 0 Å². The molecule has 1 amide bonds. The van der Waals surface area contributed by atoms with Gasteiger partial charge in [-0.1, -0.05) is 36.4 Å². The Labute approximate surface area is 156 Å². The van der Waals surface area contributed by atoms with E-state index >= 15 is 0 Å². The molecule has 4 rings (SSSR count). The van der Waals surface area contributed by atoms with Gasteiger partial charge in [0.05, 0.1) is 6.61 Å². The van der Waals surface area contributed by atoms with E-state index in [9.17, 15) is 14.7 Å². The number of aromatic nitrogens is 1. The maximum atomic E-state index is 12.2. The monoisotopic (exact) mass is 361 g/mol. The number of carbonyl (C=O) groups is 2. The van der Waals surface area contributed by atoms with Crippen LogP contribution in [-0.4, -0.2) is 28.3 Å². The third-order valence-corrected chi connectivity index (χ3v) is 4.88. The van der Waals surface area contributed by atoms with Crippen molar-refractivity contribution in [3.63, 3.8) is 0 Å². The van der Waals surface area contributed by atoms with Crippen LogP contribution in [0, 0.1) is 0 Å². The number of Topliss-reactive ketones (excluding diaryl/α,β-unsaturated/α-hetero) is 1. The number of hydrogen-bond acceptors (Lipinski definition) is 5. The molecule has 0 aliphatic carbocycles. The molecule has 27 heavy (non-hydrogen) atoms. The molecule has 1 aliphatic rings. The van der Waals surface area contributed by atoms with Crippen molar-refractivity contribution in [2.24, 2.45) is 5.73 Å². The SMILES string of the molecule is NC(=O)C(=O)c1cc2ccccc2c(N2CCCc3cc(CO)ccc32)n1. The molecule has 2 aromatic carbocycles. The van der Waals surface area contributed by atoms with Crippen LogP contribution in [0.2, 0.25) is 0 Å². The van der Waals surface area contributed by atoms with Gasteiger partial charge in [-0.25, -0.2) is 4.98 Å². The Morgan fingerprint density at radius 2 is 1.96 bits per heavy atom. The molecule has 0 radical (unpaired) electrons. The van der Waals surface area contributed by atoms with Crippen LogP contribution >= 0.6 is 0 Å². The highest BCUT2D eigenvalue weighted by Gasteiger charge is 2.24. The zero-order valence-electron chi connectivity index (χ0n) is 14.7. The first kappa shape index (κ1) is 17.2. The van der Waals surface area contributed by atoms with Gasteiger partial charge >= 0.3 is 0 Å². The number of rotatable bonds is 4. The first-order chi connectivity index (χ1) is 13.1. The standard InChI is InChI=1S/C21H19N3O3/c22-20(27)19(26)17-11-14-4-1-2-6-16(14)21(23-17)24-9-3-5-15-10-13(12-25)7-8-18(15)24/h1-2,4,6-8,10-11,25H,3,5,9,12H2,(H2,22,27). The lowest BCUT2D eigenvalue weighted by Crippen LogP contribution is -2.28. The van der Waals surface area contributed by atoms with Crippen molar-refractivity contribution >= 4 is 34.0 Å². The number of anilines is 2. The van der Waals surface area contributed by atoms with Gasteiger partial charge in [-0.3, -0.25) is 9.59 Å². The third-order valence-electron chi connectivity index (χ3n) is 4.88. The summed E-state index contributed by atoms with van der Waals surface area (Å²) >= 11 is 0. The van der Waals surface area contributed by atoms with Gasteiger partial charge in [0.1, 0.15) is 11.5 Å². The fourth-order valence-corrected chi connectivity index (χ4v) is 3.60. The summed E-state index contributed by atoms with van der Waals surface area (Å²) in [6.45, 7) is 0.744. The lowest BCUT2D eigenvalue weighted by atomic mass is 9.98. The number of fused-ring (bicyclic) bond motifs is 2. The Balaban J connectivity index is 1.92. The molecule has 1 aromatic heterocycles. The third kappa shape index (κ3) is 3.04. The number of aliphatic hydroxyl groups excluding tert-OH is 1. The summed E-state index contributed by atoms with van der Waals surface area (Å²) < 4.78 is 0. The second kappa shape index (κ2) is 6.81. The Kier molecular flexibility index (Phi) is 4.33. The summed E-state index contributed by atoms with van der Waals surface area (Å²) in [6.07, 6.45) is 1.84. The van der Waals surface area contributed by atoms with Crippen molar-refractivity contribution in [3.05, 3.63) is 65.4 Å². The highest BCUT2D eigenvalue weighted by atomic mass is 16.3. The van der Waals surface area contributed by atoms with Crippen LogP contribution in [0.1, 0.15) is 28.0 Å².